The molecule has 110 valence electrons. The number of para-hydroxylation sites is 2. The highest BCUT2D eigenvalue weighted by atomic mass is 15.2. The third-order valence-corrected chi connectivity index (χ3v) is 4.24. The molecular weight excluding hydrogens is 272 g/mol. The summed E-state index contributed by atoms with van der Waals surface area (Å²) in [6, 6.07) is 14.6. The molecule has 0 amide bonds. The summed E-state index contributed by atoms with van der Waals surface area (Å²) in [4.78, 5) is 4.93. The van der Waals surface area contributed by atoms with Gasteiger partial charge in [0.25, 0.3) is 0 Å². The Kier molecular flexibility index (Phi) is 2.96. The van der Waals surface area contributed by atoms with Gasteiger partial charge in [-0.3, -0.25) is 5.10 Å². The highest BCUT2D eigenvalue weighted by Crippen LogP contribution is 2.30. The predicted molar refractivity (Wildman–Crippen MR) is 89.9 cm³/mol. The molecule has 2 aromatic heterocycles. The van der Waals surface area contributed by atoms with E-state index < -0.39 is 0 Å². The normalized spacial score (nSPS) is 11.5. The molecule has 0 fully saturated rings. The Labute approximate surface area is 128 Å². The summed E-state index contributed by atoms with van der Waals surface area (Å²) in [7, 11) is 0. The van der Waals surface area contributed by atoms with E-state index in [0.29, 0.717) is 0 Å². The minimum Gasteiger partial charge on any atom is -0.323 e. The van der Waals surface area contributed by atoms with Crippen LogP contribution in [-0.4, -0.2) is 19.7 Å². The number of imidazole rings is 1. The van der Waals surface area contributed by atoms with Crippen LogP contribution >= 0.6 is 0 Å². The fourth-order valence-corrected chi connectivity index (χ4v) is 3.13. The Balaban J connectivity index is 2.06. The number of aromatic nitrogens is 4. The lowest BCUT2D eigenvalue weighted by atomic mass is 10.1. The van der Waals surface area contributed by atoms with Gasteiger partial charge in [0.05, 0.1) is 16.6 Å². The zero-order valence-corrected chi connectivity index (χ0v) is 12.8. The zero-order chi connectivity index (χ0) is 15.1. The van der Waals surface area contributed by atoms with Crippen LogP contribution in [-0.2, 0) is 13.0 Å². The van der Waals surface area contributed by atoms with Gasteiger partial charge in [-0.2, -0.15) is 5.10 Å². The van der Waals surface area contributed by atoms with Crippen molar-refractivity contribution in [2.75, 3.05) is 0 Å². The standard InChI is InChI=1S/C18H18N4/c1-3-12-8-7-11-15-16(12)19-18(22(15)4-2)17-13-9-5-6-10-14(13)20-21-17/h5-11H,3-4H2,1-2H3,(H,20,21). The smallest absolute Gasteiger partial charge is 0.162 e. The first kappa shape index (κ1) is 13.1. The van der Waals surface area contributed by atoms with Gasteiger partial charge in [-0.25, -0.2) is 4.98 Å². The highest BCUT2D eigenvalue weighted by molar-refractivity contribution is 5.93. The van der Waals surface area contributed by atoms with Crippen molar-refractivity contribution in [1.29, 1.82) is 0 Å². The van der Waals surface area contributed by atoms with Gasteiger partial charge in [0.2, 0.25) is 0 Å². The second kappa shape index (κ2) is 4.98. The molecular formula is C18H18N4. The predicted octanol–water partition coefficient (Wildman–Crippen LogP) is 4.16. The van der Waals surface area contributed by atoms with Crippen LogP contribution in [0, 0.1) is 0 Å². The second-order valence-electron chi connectivity index (χ2n) is 5.44. The first-order valence-electron chi connectivity index (χ1n) is 7.75. The minimum absolute atomic E-state index is 0.875. The zero-order valence-electron chi connectivity index (χ0n) is 12.8. The molecule has 0 radical (unpaired) electrons. The molecule has 4 nitrogen and oxygen atoms in total. The van der Waals surface area contributed by atoms with Crippen LogP contribution < -0.4 is 0 Å². The number of rotatable bonds is 3. The number of fused-ring (bicyclic) bond motifs is 2. The maximum Gasteiger partial charge on any atom is 0.162 e. The molecule has 0 spiro atoms. The Hall–Kier alpha value is -2.62. The molecule has 0 aliphatic rings. The van der Waals surface area contributed by atoms with Gasteiger partial charge < -0.3 is 4.57 Å². The van der Waals surface area contributed by atoms with Crippen LogP contribution in [0.2, 0.25) is 0 Å². The Morgan fingerprint density at radius 2 is 1.91 bits per heavy atom. The fraction of sp³-hybridized carbons (Fsp3) is 0.222. The third-order valence-electron chi connectivity index (χ3n) is 4.24. The molecule has 0 unspecified atom stereocenters. The quantitative estimate of drug-likeness (QED) is 0.615. The Morgan fingerprint density at radius 1 is 1.05 bits per heavy atom. The lowest BCUT2D eigenvalue weighted by Gasteiger charge is -2.04. The van der Waals surface area contributed by atoms with Crippen molar-refractivity contribution in [2.45, 2.75) is 26.8 Å². The topological polar surface area (TPSA) is 46.5 Å². The number of nitrogens with zero attached hydrogens (tertiary/aromatic N) is 3. The summed E-state index contributed by atoms with van der Waals surface area (Å²) < 4.78 is 2.25. The van der Waals surface area contributed by atoms with Crippen LogP contribution in [0.15, 0.2) is 42.5 Å². The first-order valence-corrected chi connectivity index (χ1v) is 7.75. The van der Waals surface area contributed by atoms with E-state index in [0.717, 1.165) is 40.9 Å². The number of nitrogens with one attached hydrogen (secondary N) is 1. The van der Waals surface area contributed by atoms with Crippen molar-refractivity contribution in [1.82, 2.24) is 19.7 Å². The van der Waals surface area contributed by atoms with E-state index >= 15 is 0 Å². The summed E-state index contributed by atoms with van der Waals surface area (Å²) in [6.45, 7) is 5.20. The average molecular weight is 290 g/mol. The first-order chi connectivity index (χ1) is 10.8. The molecule has 2 heterocycles. The van der Waals surface area contributed by atoms with Crippen LogP contribution in [0.5, 0.6) is 0 Å². The van der Waals surface area contributed by atoms with Crippen LogP contribution in [0.4, 0.5) is 0 Å². The summed E-state index contributed by atoms with van der Waals surface area (Å²) in [6.07, 6.45) is 0.985. The summed E-state index contributed by atoms with van der Waals surface area (Å²) in [5.74, 6) is 0.941. The van der Waals surface area contributed by atoms with Crippen LogP contribution in [0.1, 0.15) is 19.4 Å². The molecule has 0 saturated carbocycles. The van der Waals surface area contributed by atoms with E-state index in [1.807, 2.05) is 18.2 Å². The minimum atomic E-state index is 0.875. The van der Waals surface area contributed by atoms with Gasteiger partial charge in [0, 0.05) is 11.9 Å². The second-order valence-corrected chi connectivity index (χ2v) is 5.44. The van der Waals surface area contributed by atoms with Crippen LogP contribution in [0.3, 0.4) is 0 Å². The van der Waals surface area contributed by atoms with Gasteiger partial charge in [0.1, 0.15) is 5.69 Å². The van der Waals surface area contributed by atoms with Crippen LogP contribution in [0.25, 0.3) is 33.5 Å². The van der Waals surface area contributed by atoms with E-state index in [1.165, 1.54) is 11.1 Å². The van der Waals surface area contributed by atoms with Crippen molar-refractivity contribution in [3.63, 3.8) is 0 Å². The van der Waals surface area contributed by atoms with Crippen molar-refractivity contribution in [2.24, 2.45) is 0 Å². The molecule has 22 heavy (non-hydrogen) atoms. The lowest BCUT2D eigenvalue weighted by molar-refractivity contribution is 0.793. The van der Waals surface area contributed by atoms with E-state index in [-0.39, 0.29) is 0 Å². The van der Waals surface area contributed by atoms with E-state index in [1.54, 1.807) is 0 Å². The number of H-pyrrole nitrogens is 1. The molecule has 0 aliphatic carbocycles. The largest absolute Gasteiger partial charge is 0.323 e. The molecule has 0 atom stereocenters. The van der Waals surface area contributed by atoms with Crippen molar-refractivity contribution in [3.05, 3.63) is 48.0 Å². The van der Waals surface area contributed by atoms with Gasteiger partial charge in [-0.1, -0.05) is 37.3 Å². The SMILES string of the molecule is CCc1cccc2c1nc(-c1n[nH]c3ccccc13)n2CC. The molecule has 0 bridgehead atoms. The van der Waals surface area contributed by atoms with Gasteiger partial charge in [-0.05, 0) is 31.0 Å². The molecule has 4 heteroatoms. The van der Waals surface area contributed by atoms with Crippen molar-refractivity contribution < 1.29 is 0 Å². The summed E-state index contributed by atoms with van der Waals surface area (Å²) >= 11 is 0. The Morgan fingerprint density at radius 3 is 2.73 bits per heavy atom. The average Bonchev–Trinajstić information content (AvgIpc) is 3.15. The number of hydrogen-bond donors (Lipinski definition) is 1. The number of hydrogen-bond acceptors (Lipinski definition) is 2. The third kappa shape index (κ3) is 1.77. The van der Waals surface area contributed by atoms with Crippen molar-refractivity contribution >= 4 is 21.9 Å². The monoisotopic (exact) mass is 290 g/mol. The molecule has 0 aliphatic heterocycles. The molecule has 1 N–H and O–H groups in total. The van der Waals surface area contributed by atoms with E-state index in [4.69, 9.17) is 4.98 Å². The summed E-state index contributed by atoms with van der Waals surface area (Å²) in [5.41, 5.74) is 5.53. The van der Waals surface area contributed by atoms with Gasteiger partial charge >= 0.3 is 0 Å². The number of benzene rings is 2. The highest BCUT2D eigenvalue weighted by Gasteiger charge is 2.17. The Bertz CT molecular complexity index is 962. The molecule has 2 aromatic carbocycles. The number of aryl methyl sites for hydroxylation is 2. The van der Waals surface area contributed by atoms with Gasteiger partial charge in [-0.15, -0.1) is 0 Å². The van der Waals surface area contributed by atoms with E-state index in [2.05, 4.69) is 52.9 Å². The summed E-state index contributed by atoms with van der Waals surface area (Å²) in [5, 5.41) is 8.74. The fourth-order valence-electron chi connectivity index (χ4n) is 3.13. The van der Waals surface area contributed by atoms with Gasteiger partial charge in [0.15, 0.2) is 5.82 Å². The molecule has 4 aromatic rings. The van der Waals surface area contributed by atoms with Crippen molar-refractivity contribution in [3.8, 4) is 11.5 Å². The molecule has 4 rings (SSSR count). The maximum absolute atomic E-state index is 4.93. The molecule has 0 saturated heterocycles. The van der Waals surface area contributed by atoms with E-state index in [9.17, 15) is 0 Å². The maximum atomic E-state index is 4.93. The lowest BCUT2D eigenvalue weighted by Crippen LogP contribution is -1.98. The number of aromatic amines is 1.